The van der Waals surface area contributed by atoms with Crippen LogP contribution in [0, 0.1) is 5.82 Å². The van der Waals surface area contributed by atoms with Crippen LogP contribution in [0.15, 0.2) is 18.2 Å². The number of rotatable bonds is 3. The maximum Gasteiger partial charge on any atom is 0.333 e. The summed E-state index contributed by atoms with van der Waals surface area (Å²) in [5.41, 5.74) is -0.740. The quantitative estimate of drug-likeness (QED) is 0.758. The van der Waals surface area contributed by atoms with Crippen molar-refractivity contribution in [3.8, 4) is 0 Å². The highest BCUT2D eigenvalue weighted by Crippen LogP contribution is 2.34. The van der Waals surface area contributed by atoms with Gasteiger partial charge in [0.15, 0.2) is 0 Å². The van der Waals surface area contributed by atoms with Crippen LogP contribution in [0.1, 0.15) is 5.56 Å². The van der Waals surface area contributed by atoms with Crippen molar-refractivity contribution in [2.75, 3.05) is 5.88 Å². The summed E-state index contributed by atoms with van der Waals surface area (Å²) in [7, 11) is 0. The summed E-state index contributed by atoms with van der Waals surface area (Å²) in [6.45, 7) is 0. The highest BCUT2D eigenvalue weighted by atomic mass is 35.5. The molecule has 82 valence electrons. The Morgan fingerprint density at radius 1 is 1.40 bits per heavy atom. The summed E-state index contributed by atoms with van der Waals surface area (Å²) in [6.07, 6.45) is 0. The van der Waals surface area contributed by atoms with E-state index in [1.54, 1.807) is 0 Å². The van der Waals surface area contributed by atoms with Crippen molar-refractivity contribution in [2.24, 2.45) is 0 Å². The van der Waals surface area contributed by atoms with Crippen LogP contribution in [0.4, 0.5) is 13.2 Å². The van der Waals surface area contributed by atoms with E-state index in [-0.39, 0.29) is 0 Å². The molecule has 0 N–H and O–H groups in total. The minimum atomic E-state index is -3.79. The van der Waals surface area contributed by atoms with E-state index in [1.165, 1.54) is 0 Å². The third-order valence-electron chi connectivity index (χ3n) is 1.74. The van der Waals surface area contributed by atoms with Crippen LogP contribution in [0.25, 0.3) is 0 Å². The molecule has 0 saturated heterocycles. The lowest BCUT2D eigenvalue weighted by atomic mass is 10.1. The van der Waals surface area contributed by atoms with Gasteiger partial charge in [-0.25, -0.2) is 4.39 Å². The maximum atomic E-state index is 13.3. The van der Waals surface area contributed by atoms with E-state index in [4.69, 9.17) is 23.2 Å². The summed E-state index contributed by atoms with van der Waals surface area (Å²) in [5.74, 6) is -6.84. The van der Waals surface area contributed by atoms with Crippen LogP contribution in [0.3, 0.4) is 0 Å². The fraction of sp³-hybridized carbons (Fsp3) is 0.222. The molecule has 0 radical (unpaired) electrons. The lowest BCUT2D eigenvalue weighted by Gasteiger charge is -2.15. The number of carbonyl (C=O) groups is 1. The Labute approximate surface area is 93.8 Å². The Hall–Kier alpha value is -0.740. The van der Waals surface area contributed by atoms with E-state index in [9.17, 15) is 18.0 Å². The molecule has 0 aliphatic carbocycles. The number of hydrogen-bond acceptors (Lipinski definition) is 1. The molecule has 0 fully saturated rings. The third-order valence-corrected chi connectivity index (χ3v) is 2.30. The molecule has 0 aliphatic rings. The maximum absolute atomic E-state index is 13.3. The van der Waals surface area contributed by atoms with E-state index in [2.05, 4.69) is 0 Å². The molecule has 0 unspecified atom stereocenters. The van der Waals surface area contributed by atoms with Gasteiger partial charge in [0.2, 0.25) is 5.78 Å². The highest BCUT2D eigenvalue weighted by molar-refractivity contribution is 6.32. The van der Waals surface area contributed by atoms with Gasteiger partial charge in [-0.3, -0.25) is 4.79 Å². The molecular weight excluding hydrogens is 252 g/mol. The summed E-state index contributed by atoms with van der Waals surface area (Å²) in [5, 5.41) is -0.501. The number of carbonyl (C=O) groups excluding carboxylic acids is 1. The van der Waals surface area contributed by atoms with Crippen LogP contribution in [-0.2, 0) is 10.7 Å². The number of halogens is 5. The average molecular weight is 257 g/mol. The molecule has 0 heterocycles. The van der Waals surface area contributed by atoms with Gasteiger partial charge in [0, 0.05) is 5.56 Å². The van der Waals surface area contributed by atoms with Gasteiger partial charge in [-0.2, -0.15) is 8.78 Å². The highest BCUT2D eigenvalue weighted by Gasteiger charge is 2.41. The van der Waals surface area contributed by atoms with Crippen molar-refractivity contribution < 1.29 is 18.0 Å². The molecule has 1 rings (SSSR count). The zero-order valence-electron chi connectivity index (χ0n) is 7.24. The molecule has 0 aromatic heterocycles. The number of alkyl halides is 3. The Morgan fingerprint density at radius 2 is 2.00 bits per heavy atom. The van der Waals surface area contributed by atoms with Crippen LogP contribution in [-0.4, -0.2) is 11.7 Å². The third kappa shape index (κ3) is 2.44. The predicted octanol–water partition coefficient (Wildman–Crippen LogP) is 3.38. The fourth-order valence-electron chi connectivity index (χ4n) is 0.978. The Balaban J connectivity index is 3.21. The number of Topliss-reactive ketones (excluding diaryl/α,β-unsaturated/α-hetero) is 1. The second kappa shape index (κ2) is 4.41. The summed E-state index contributed by atoms with van der Waals surface area (Å²) >= 11 is 10.4. The molecule has 1 aromatic carbocycles. The molecule has 0 bridgehead atoms. The first-order chi connectivity index (χ1) is 6.89. The molecule has 0 atom stereocenters. The Kier molecular flexibility index (Phi) is 3.62. The van der Waals surface area contributed by atoms with Gasteiger partial charge in [-0.05, 0) is 18.2 Å². The Bertz CT molecular complexity index is 393. The number of hydrogen-bond donors (Lipinski definition) is 0. The normalized spacial score (nSPS) is 11.5. The smallest absolute Gasteiger partial charge is 0.291 e. The lowest BCUT2D eigenvalue weighted by Crippen LogP contribution is -2.27. The molecule has 1 nitrogen and oxygen atoms in total. The summed E-state index contributed by atoms with van der Waals surface area (Å²) < 4.78 is 39.2. The van der Waals surface area contributed by atoms with Crippen LogP contribution < -0.4 is 0 Å². The second-order valence-corrected chi connectivity index (χ2v) is 3.43. The van der Waals surface area contributed by atoms with Gasteiger partial charge in [0.1, 0.15) is 5.82 Å². The molecule has 6 heteroatoms. The summed E-state index contributed by atoms with van der Waals surface area (Å²) in [6, 6.07) is 2.28. The Morgan fingerprint density at radius 3 is 2.47 bits per heavy atom. The minimum absolute atomic E-state index is 0.501. The molecule has 0 saturated carbocycles. The fourth-order valence-corrected chi connectivity index (χ4v) is 1.43. The van der Waals surface area contributed by atoms with E-state index in [0.29, 0.717) is 6.07 Å². The second-order valence-electron chi connectivity index (χ2n) is 2.76. The van der Waals surface area contributed by atoms with Crippen molar-refractivity contribution in [1.29, 1.82) is 0 Å². The van der Waals surface area contributed by atoms with Gasteiger partial charge >= 0.3 is 5.92 Å². The van der Waals surface area contributed by atoms with Crippen molar-refractivity contribution in [1.82, 2.24) is 0 Å². The molecule has 0 aliphatic heterocycles. The first-order valence-corrected chi connectivity index (χ1v) is 4.73. The van der Waals surface area contributed by atoms with E-state index in [1.807, 2.05) is 0 Å². The van der Waals surface area contributed by atoms with Gasteiger partial charge in [-0.1, -0.05) is 11.6 Å². The van der Waals surface area contributed by atoms with Crippen LogP contribution in [0.2, 0.25) is 5.02 Å². The topological polar surface area (TPSA) is 17.1 Å². The molecule has 1 aromatic rings. The zero-order chi connectivity index (χ0) is 11.6. The van der Waals surface area contributed by atoms with E-state index in [0.717, 1.165) is 12.1 Å². The standard InChI is InChI=1S/C9H5Cl2F3O/c10-4-8(15)9(13,14)6-2-1-5(12)3-7(6)11/h1-3H,4H2. The molecule has 15 heavy (non-hydrogen) atoms. The van der Waals surface area contributed by atoms with Gasteiger partial charge in [-0.15, -0.1) is 11.6 Å². The predicted molar refractivity (Wildman–Crippen MR) is 51.0 cm³/mol. The SMILES string of the molecule is O=C(CCl)C(F)(F)c1ccc(F)cc1Cl. The minimum Gasteiger partial charge on any atom is -0.291 e. The van der Waals surface area contributed by atoms with Gasteiger partial charge < -0.3 is 0 Å². The van der Waals surface area contributed by atoms with Gasteiger partial charge in [0.05, 0.1) is 10.9 Å². The van der Waals surface area contributed by atoms with Crippen LogP contribution in [0.5, 0.6) is 0 Å². The first kappa shape index (κ1) is 12.3. The number of benzene rings is 1. The monoisotopic (exact) mass is 256 g/mol. The number of ketones is 1. The zero-order valence-corrected chi connectivity index (χ0v) is 8.75. The van der Waals surface area contributed by atoms with Gasteiger partial charge in [0.25, 0.3) is 0 Å². The van der Waals surface area contributed by atoms with Crippen molar-refractivity contribution in [3.05, 3.63) is 34.6 Å². The van der Waals surface area contributed by atoms with Crippen molar-refractivity contribution in [3.63, 3.8) is 0 Å². The van der Waals surface area contributed by atoms with E-state index < -0.39 is 34.0 Å². The van der Waals surface area contributed by atoms with Crippen molar-refractivity contribution >= 4 is 29.0 Å². The molecular formula is C9H5Cl2F3O. The molecule has 0 spiro atoms. The largest absolute Gasteiger partial charge is 0.333 e. The first-order valence-electron chi connectivity index (χ1n) is 3.82. The average Bonchev–Trinajstić information content (AvgIpc) is 2.15. The van der Waals surface area contributed by atoms with Crippen LogP contribution >= 0.6 is 23.2 Å². The summed E-state index contributed by atoms with van der Waals surface area (Å²) in [4.78, 5) is 10.8. The molecule has 0 amide bonds. The van der Waals surface area contributed by atoms with Crippen molar-refractivity contribution in [2.45, 2.75) is 5.92 Å². The lowest BCUT2D eigenvalue weighted by molar-refractivity contribution is -0.141. The van der Waals surface area contributed by atoms with E-state index >= 15 is 0 Å².